The van der Waals surface area contributed by atoms with Crippen LogP contribution in [0.2, 0.25) is 0 Å². The van der Waals surface area contributed by atoms with E-state index in [0.29, 0.717) is 11.3 Å². The van der Waals surface area contributed by atoms with Crippen LogP contribution in [0.15, 0.2) is 12.3 Å². The topological polar surface area (TPSA) is 12.9 Å². The van der Waals surface area contributed by atoms with Gasteiger partial charge in [-0.15, -0.1) is 0 Å². The SMILES string of the molecule is CC.Cc1cc(C(F)(F)F)c(C2CC2)cn1. The van der Waals surface area contributed by atoms with Crippen molar-refractivity contribution in [1.29, 1.82) is 0 Å². The van der Waals surface area contributed by atoms with E-state index >= 15 is 0 Å². The Kier molecular flexibility index (Phi) is 3.94. The lowest BCUT2D eigenvalue weighted by atomic mass is 10.1. The second-order valence-electron chi connectivity index (χ2n) is 3.68. The van der Waals surface area contributed by atoms with Crippen molar-refractivity contribution < 1.29 is 13.2 Å². The molecule has 1 fully saturated rings. The largest absolute Gasteiger partial charge is 0.416 e. The van der Waals surface area contributed by atoms with Gasteiger partial charge in [0.1, 0.15) is 0 Å². The zero-order chi connectivity index (χ0) is 12.3. The van der Waals surface area contributed by atoms with Crippen LogP contribution in [-0.2, 0) is 6.18 Å². The Balaban J connectivity index is 0.000000606. The molecule has 16 heavy (non-hydrogen) atoms. The molecule has 1 aromatic rings. The molecule has 1 saturated carbocycles. The van der Waals surface area contributed by atoms with Gasteiger partial charge in [0.15, 0.2) is 0 Å². The summed E-state index contributed by atoms with van der Waals surface area (Å²) >= 11 is 0. The van der Waals surface area contributed by atoms with Crippen molar-refractivity contribution in [2.45, 2.75) is 45.7 Å². The van der Waals surface area contributed by atoms with Crippen LogP contribution in [0.4, 0.5) is 13.2 Å². The maximum absolute atomic E-state index is 12.6. The van der Waals surface area contributed by atoms with Gasteiger partial charge in [-0.25, -0.2) is 0 Å². The molecule has 1 aliphatic carbocycles. The Morgan fingerprint density at radius 3 is 2.25 bits per heavy atom. The molecule has 0 radical (unpaired) electrons. The standard InChI is InChI=1S/C10H10F3N.C2H6/c1-6-4-9(10(11,12)13)8(5-14-6)7-2-3-7;1-2/h4-5,7H,2-3H2,1H3;1-2H3. The average molecular weight is 231 g/mol. The van der Waals surface area contributed by atoms with Crippen molar-refractivity contribution in [3.05, 3.63) is 29.1 Å². The fourth-order valence-corrected chi connectivity index (χ4v) is 1.54. The predicted octanol–water partition coefficient (Wildman–Crippen LogP) is 4.31. The molecular weight excluding hydrogens is 215 g/mol. The molecule has 0 unspecified atom stereocenters. The summed E-state index contributed by atoms with van der Waals surface area (Å²) in [6, 6.07) is 1.13. The third kappa shape index (κ3) is 2.97. The Morgan fingerprint density at radius 2 is 1.81 bits per heavy atom. The van der Waals surface area contributed by atoms with Crippen LogP contribution in [0.5, 0.6) is 0 Å². The summed E-state index contributed by atoms with van der Waals surface area (Å²) < 4.78 is 37.8. The summed E-state index contributed by atoms with van der Waals surface area (Å²) in [5.74, 6) is 0.0831. The van der Waals surface area contributed by atoms with E-state index < -0.39 is 11.7 Å². The van der Waals surface area contributed by atoms with Crippen molar-refractivity contribution >= 4 is 0 Å². The van der Waals surface area contributed by atoms with Crippen molar-refractivity contribution in [2.24, 2.45) is 0 Å². The summed E-state index contributed by atoms with van der Waals surface area (Å²) in [4.78, 5) is 3.91. The molecule has 0 bridgehead atoms. The second kappa shape index (κ2) is 4.85. The summed E-state index contributed by atoms with van der Waals surface area (Å²) in [5.41, 5.74) is 0.275. The molecule has 0 spiro atoms. The second-order valence-corrected chi connectivity index (χ2v) is 3.68. The Hall–Kier alpha value is -1.06. The molecule has 0 aliphatic heterocycles. The fraction of sp³-hybridized carbons (Fsp3) is 0.583. The molecule has 0 atom stereocenters. The quantitative estimate of drug-likeness (QED) is 0.701. The molecule has 0 saturated heterocycles. The molecule has 0 N–H and O–H groups in total. The number of rotatable bonds is 1. The van der Waals surface area contributed by atoms with Gasteiger partial charge in [-0.1, -0.05) is 13.8 Å². The van der Waals surface area contributed by atoms with E-state index in [2.05, 4.69) is 4.98 Å². The molecule has 1 aliphatic rings. The maximum atomic E-state index is 12.6. The smallest absolute Gasteiger partial charge is 0.261 e. The molecule has 1 nitrogen and oxygen atoms in total. The van der Waals surface area contributed by atoms with Crippen molar-refractivity contribution in [3.8, 4) is 0 Å². The van der Waals surface area contributed by atoms with Gasteiger partial charge >= 0.3 is 6.18 Å². The van der Waals surface area contributed by atoms with Gasteiger partial charge in [-0.2, -0.15) is 13.2 Å². The van der Waals surface area contributed by atoms with Crippen LogP contribution in [0.1, 0.15) is 49.4 Å². The molecule has 0 aromatic carbocycles. The van der Waals surface area contributed by atoms with Crippen LogP contribution in [0.3, 0.4) is 0 Å². The number of aromatic nitrogens is 1. The molecule has 1 aromatic heterocycles. The van der Waals surface area contributed by atoms with Crippen molar-refractivity contribution in [1.82, 2.24) is 4.98 Å². The van der Waals surface area contributed by atoms with E-state index in [1.165, 1.54) is 6.20 Å². The lowest BCUT2D eigenvalue weighted by Gasteiger charge is -2.12. The van der Waals surface area contributed by atoms with E-state index in [1.54, 1.807) is 6.92 Å². The summed E-state index contributed by atoms with van der Waals surface area (Å²) in [5, 5.41) is 0. The minimum Gasteiger partial charge on any atom is -0.261 e. The van der Waals surface area contributed by atoms with Crippen LogP contribution in [-0.4, -0.2) is 4.98 Å². The predicted molar refractivity (Wildman–Crippen MR) is 57.3 cm³/mol. The minimum atomic E-state index is -4.24. The first kappa shape index (κ1) is 13.0. The summed E-state index contributed by atoms with van der Waals surface area (Å²) in [6.07, 6.45) is -1.16. The van der Waals surface area contributed by atoms with Gasteiger partial charge < -0.3 is 0 Å². The van der Waals surface area contributed by atoms with Crippen molar-refractivity contribution in [2.75, 3.05) is 0 Å². The highest BCUT2D eigenvalue weighted by molar-refractivity contribution is 5.34. The van der Waals surface area contributed by atoms with Gasteiger partial charge in [-0.3, -0.25) is 4.98 Å². The summed E-state index contributed by atoms with van der Waals surface area (Å²) in [7, 11) is 0. The number of hydrogen-bond acceptors (Lipinski definition) is 1. The van der Waals surface area contributed by atoms with E-state index in [0.717, 1.165) is 18.9 Å². The van der Waals surface area contributed by atoms with Crippen LogP contribution < -0.4 is 0 Å². The van der Waals surface area contributed by atoms with Gasteiger partial charge in [0.05, 0.1) is 5.56 Å². The molecule has 90 valence electrons. The minimum absolute atomic E-state index is 0.0831. The first-order chi connectivity index (χ1) is 7.48. The number of pyridine rings is 1. The highest BCUT2D eigenvalue weighted by Gasteiger charge is 2.38. The Morgan fingerprint density at radius 1 is 1.25 bits per heavy atom. The number of aryl methyl sites for hydroxylation is 1. The molecule has 0 amide bonds. The highest BCUT2D eigenvalue weighted by Crippen LogP contribution is 2.45. The fourth-order valence-electron chi connectivity index (χ4n) is 1.54. The maximum Gasteiger partial charge on any atom is 0.416 e. The first-order valence-corrected chi connectivity index (χ1v) is 5.52. The van der Waals surface area contributed by atoms with Crippen molar-refractivity contribution in [3.63, 3.8) is 0 Å². The lowest BCUT2D eigenvalue weighted by Crippen LogP contribution is -2.09. The molecule has 4 heteroatoms. The van der Waals surface area contributed by atoms with Gasteiger partial charge in [-0.05, 0) is 37.3 Å². The lowest BCUT2D eigenvalue weighted by molar-refractivity contribution is -0.138. The zero-order valence-corrected chi connectivity index (χ0v) is 9.73. The van der Waals surface area contributed by atoms with Gasteiger partial charge in [0, 0.05) is 11.9 Å². The number of hydrogen-bond donors (Lipinski definition) is 0. The number of alkyl halides is 3. The Bertz CT molecular complexity index is 354. The van der Waals surface area contributed by atoms with E-state index in [1.807, 2.05) is 13.8 Å². The highest BCUT2D eigenvalue weighted by atomic mass is 19.4. The van der Waals surface area contributed by atoms with E-state index in [-0.39, 0.29) is 5.92 Å². The summed E-state index contributed by atoms with van der Waals surface area (Å²) in [6.45, 7) is 5.58. The van der Waals surface area contributed by atoms with Gasteiger partial charge in [0.2, 0.25) is 0 Å². The zero-order valence-electron chi connectivity index (χ0n) is 9.73. The number of nitrogens with zero attached hydrogens (tertiary/aromatic N) is 1. The van der Waals surface area contributed by atoms with E-state index in [4.69, 9.17) is 0 Å². The molecular formula is C12H16F3N. The number of halogens is 3. The van der Waals surface area contributed by atoms with Crippen LogP contribution in [0, 0.1) is 6.92 Å². The van der Waals surface area contributed by atoms with Crippen LogP contribution in [0.25, 0.3) is 0 Å². The monoisotopic (exact) mass is 231 g/mol. The van der Waals surface area contributed by atoms with E-state index in [9.17, 15) is 13.2 Å². The third-order valence-corrected chi connectivity index (χ3v) is 2.39. The Labute approximate surface area is 93.7 Å². The van der Waals surface area contributed by atoms with Gasteiger partial charge in [0.25, 0.3) is 0 Å². The molecule has 1 heterocycles. The average Bonchev–Trinajstić information content (AvgIpc) is 3.03. The third-order valence-electron chi connectivity index (χ3n) is 2.39. The molecule has 2 rings (SSSR count). The first-order valence-electron chi connectivity index (χ1n) is 5.52. The van der Waals surface area contributed by atoms with Crippen LogP contribution >= 0.6 is 0 Å². The normalized spacial score (nSPS) is 15.4.